The summed E-state index contributed by atoms with van der Waals surface area (Å²) in [6.45, 7) is 1.94. The van der Waals surface area contributed by atoms with Crippen molar-refractivity contribution in [2.24, 2.45) is 0 Å². The molecule has 0 saturated heterocycles. The molecule has 1 aromatic carbocycles. The fraction of sp³-hybridized carbons (Fsp3) is 0.294. The Balaban J connectivity index is 1.81. The van der Waals surface area contributed by atoms with E-state index in [0.717, 1.165) is 34.7 Å². The van der Waals surface area contributed by atoms with E-state index in [1.807, 2.05) is 25.1 Å². The smallest absolute Gasteiger partial charge is 0.269 e. The van der Waals surface area contributed by atoms with Gasteiger partial charge in [0.2, 0.25) is 5.91 Å². The van der Waals surface area contributed by atoms with Gasteiger partial charge in [-0.2, -0.15) is 0 Å². The molecule has 2 aromatic rings. The molecule has 0 unspecified atom stereocenters. The molecule has 0 bridgehead atoms. The second kappa shape index (κ2) is 6.42. The van der Waals surface area contributed by atoms with Gasteiger partial charge in [-0.25, -0.2) is 0 Å². The Morgan fingerprint density at radius 2 is 2.13 bits per heavy atom. The Morgan fingerprint density at radius 3 is 2.91 bits per heavy atom. The molecule has 0 aliphatic carbocycles. The summed E-state index contributed by atoms with van der Waals surface area (Å²) in [4.78, 5) is 25.6. The lowest BCUT2D eigenvalue weighted by molar-refractivity contribution is -0.116. The molecule has 2 heterocycles. The van der Waals surface area contributed by atoms with Gasteiger partial charge >= 0.3 is 0 Å². The largest absolute Gasteiger partial charge is 0.495 e. The topological polar surface area (TPSA) is 67.4 Å². The van der Waals surface area contributed by atoms with Crippen molar-refractivity contribution in [3.8, 4) is 5.75 Å². The number of anilines is 2. The highest BCUT2D eigenvalue weighted by Crippen LogP contribution is 2.30. The minimum Gasteiger partial charge on any atom is -0.495 e. The van der Waals surface area contributed by atoms with Crippen LogP contribution in [0, 0.1) is 6.92 Å². The number of methoxy groups -OCH3 is 1. The molecule has 6 heteroatoms. The number of benzene rings is 1. The molecule has 0 spiro atoms. The summed E-state index contributed by atoms with van der Waals surface area (Å²) in [6.07, 6.45) is 2.16. The van der Waals surface area contributed by atoms with Gasteiger partial charge in [0, 0.05) is 22.7 Å². The zero-order valence-corrected chi connectivity index (χ0v) is 13.9. The highest BCUT2D eigenvalue weighted by Gasteiger charge is 2.17. The predicted octanol–water partition coefficient (Wildman–Crippen LogP) is 3.59. The van der Waals surface area contributed by atoms with Crippen molar-refractivity contribution in [2.75, 3.05) is 17.7 Å². The molecule has 1 aliphatic heterocycles. The first-order chi connectivity index (χ1) is 11.1. The Labute approximate surface area is 138 Å². The van der Waals surface area contributed by atoms with Crippen LogP contribution in [0.5, 0.6) is 5.75 Å². The first-order valence-electron chi connectivity index (χ1n) is 7.45. The Bertz CT molecular complexity index is 767. The van der Waals surface area contributed by atoms with Gasteiger partial charge in [0.25, 0.3) is 5.91 Å². The minimum absolute atomic E-state index is 0.0410. The summed E-state index contributed by atoms with van der Waals surface area (Å²) in [5.74, 6) is 0.448. The summed E-state index contributed by atoms with van der Waals surface area (Å²) in [5, 5.41) is 5.79. The number of fused-ring (bicyclic) bond motifs is 1. The van der Waals surface area contributed by atoms with Crippen LogP contribution < -0.4 is 15.4 Å². The fourth-order valence-electron chi connectivity index (χ4n) is 2.64. The Morgan fingerprint density at radius 1 is 1.30 bits per heavy atom. The van der Waals surface area contributed by atoms with Crippen LogP contribution in [0.4, 0.5) is 11.4 Å². The van der Waals surface area contributed by atoms with Gasteiger partial charge in [-0.3, -0.25) is 9.59 Å². The lowest BCUT2D eigenvalue weighted by Gasteiger charge is -2.10. The maximum atomic E-state index is 12.4. The van der Waals surface area contributed by atoms with Crippen LogP contribution in [-0.4, -0.2) is 18.9 Å². The molecule has 0 saturated carbocycles. The average molecular weight is 330 g/mol. The lowest BCUT2D eigenvalue weighted by Crippen LogP contribution is -2.12. The number of nitrogens with one attached hydrogen (secondary N) is 2. The lowest BCUT2D eigenvalue weighted by atomic mass is 10.1. The van der Waals surface area contributed by atoms with E-state index in [-0.39, 0.29) is 11.8 Å². The molecule has 5 nitrogen and oxygen atoms in total. The number of thiophene rings is 1. The van der Waals surface area contributed by atoms with E-state index in [4.69, 9.17) is 4.74 Å². The number of hydrogen-bond acceptors (Lipinski definition) is 4. The van der Waals surface area contributed by atoms with Gasteiger partial charge in [-0.15, -0.1) is 11.3 Å². The monoisotopic (exact) mass is 330 g/mol. The second-order valence-electron chi connectivity index (χ2n) is 5.48. The average Bonchev–Trinajstić information content (AvgIpc) is 2.80. The van der Waals surface area contributed by atoms with Gasteiger partial charge in [-0.1, -0.05) is 0 Å². The summed E-state index contributed by atoms with van der Waals surface area (Å²) in [5.41, 5.74) is 2.59. The van der Waals surface area contributed by atoms with Crippen LogP contribution in [-0.2, 0) is 11.2 Å². The Kier molecular flexibility index (Phi) is 4.34. The van der Waals surface area contributed by atoms with Crippen molar-refractivity contribution >= 4 is 34.5 Å². The van der Waals surface area contributed by atoms with Crippen LogP contribution in [0.15, 0.2) is 24.3 Å². The van der Waals surface area contributed by atoms with Gasteiger partial charge in [0.1, 0.15) is 10.6 Å². The molecule has 120 valence electrons. The second-order valence-corrected chi connectivity index (χ2v) is 6.74. The molecule has 1 aromatic heterocycles. The summed E-state index contributed by atoms with van der Waals surface area (Å²) in [7, 11) is 1.56. The van der Waals surface area contributed by atoms with Crippen LogP contribution in [0.2, 0.25) is 0 Å². The number of rotatable bonds is 3. The van der Waals surface area contributed by atoms with E-state index < -0.39 is 0 Å². The zero-order chi connectivity index (χ0) is 16.4. The van der Waals surface area contributed by atoms with Crippen LogP contribution >= 0.6 is 11.3 Å². The molecule has 0 radical (unpaired) electrons. The van der Waals surface area contributed by atoms with E-state index in [1.165, 1.54) is 11.3 Å². The van der Waals surface area contributed by atoms with Crippen LogP contribution in [0.25, 0.3) is 0 Å². The molecule has 3 rings (SSSR count). The maximum absolute atomic E-state index is 12.4. The highest BCUT2D eigenvalue weighted by atomic mass is 32.1. The number of carbonyl (C=O) groups is 2. The van der Waals surface area contributed by atoms with E-state index in [9.17, 15) is 9.59 Å². The van der Waals surface area contributed by atoms with Crippen molar-refractivity contribution in [1.29, 1.82) is 0 Å². The van der Waals surface area contributed by atoms with Gasteiger partial charge in [0.15, 0.2) is 0 Å². The third-order valence-corrected chi connectivity index (χ3v) is 4.77. The molecular formula is C17H18N2O3S. The van der Waals surface area contributed by atoms with Crippen LogP contribution in [0.1, 0.15) is 33.0 Å². The highest BCUT2D eigenvalue weighted by molar-refractivity contribution is 7.14. The van der Waals surface area contributed by atoms with E-state index in [1.54, 1.807) is 13.2 Å². The summed E-state index contributed by atoms with van der Waals surface area (Å²) < 4.78 is 5.25. The molecule has 1 aliphatic rings. The Hall–Kier alpha value is -2.34. The SMILES string of the molecule is COc1cc(C)sc1C(=O)Nc1ccc2c(c1)CCCC(=O)N2. The first kappa shape index (κ1) is 15.6. The number of ether oxygens (including phenoxy) is 1. The summed E-state index contributed by atoms with van der Waals surface area (Å²) >= 11 is 1.40. The zero-order valence-electron chi connectivity index (χ0n) is 13.1. The van der Waals surface area contributed by atoms with Crippen molar-refractivity contribution in [3.63, 3.8) is 0 Å². The fourth-order valence-corrected chi connectivity index (χ4v) is 3.52. The molecule has 2 N–H and O–H groups in total. The minimum atomic E-state index is -0.183. The van der Waals surface area contributed by atoms with E-state index in [2.05, 4.69) is 10.6 Å². The maximum Gasteiger partial charge on any atom is 0.269 e. The number of aryl methyl sites for hydroxylation is 2. The van der Waals surface area contributed by atoms with Gasteiger partial charge in [-0.05, 0) is 49.6 Å². The van der Waals surface area contributed by atoms with Crippen molar-refractivity contribution in [2.45, 2.75) is 26.2 Å². The number of carbonyl (C=O) groups excluding carboxylic acids is 2. The third-order valence-electron chi connectivity index (χ3n) is 3.73. The standard InChI is InChI=1S/C17H18N2O3S/c1-10-8-14(22-2)16(23-10)17(21)18-12-6-7-13-11(9-12)4-3-5-15(20)19-13/h6-9H,3-5H2,1-2H3,(H,18,21)(H,19,20). The molecule has 0 atom stereocenters. The van der Waals surface area contributed by atoms with Gasteiger partial charge < -0.3 is 15.4 Å². The van der Waals surface area contributed by atoms with E-state index in [0.29, 0.717) is 17.0 Å². The molecule has 0 fully saturated rings. The predicted molar refractivity (Wildman–Crippen MR) is 91.6 cm³/mol. The quantitative estimate of drug-likeness (QED) is 0.904. The normalized spacial score (nSPS) is 13.7. The number of amides is 2. The summed E-state index contributed by atoms with van der Waals surface area (Å²) in [6, 6.07) is 7.41. The van der Waals surface area contributed by atoms with Crippen molar-refractivity contribution < 1.29 is 14.3 Å². The molecule has 23 heavy (non-hydrogen) atoms. The van der Waals surface area contributed by atoms with Crippen LogP contribution in [0.3, 0.4) is 0 Å². The molecular weight excluding hydrogens is 312 g/mol. The van der Waals surface area contributed by atoms with E-state index >= 15 is 0 Å². The third kappa shape index (κ3) is 3.37. The van der Waals surface area contributed by atoms with Gasteiger partial charge in [0.05, 0.1) is 7.11 Å². The molecule has 2 amide bonds. The van der Waals surface area contributed by atoms with Crippen molar-refractivity contribution in [3.05, 3.63) is 39.6 Å². The van der Waals surface area contributed by atoms with Crippen molar-refractivity contribution in [1.82, 2.24) is 0 Å². The number of hydrogen-bond donors (Lipinski definition) is 2. The first-order valence-corrected chi connectivity index (χ1v) is 8.27.